The Morgan fingerprint density at radius 3 is 2.66 bits per heavy atom. The monoisotopic (exact) mass is 656 g/mol. The van der Waals surface area contributed by atoms with Gasteiger partial charge in [-0.2, -0.15) is 0 Å². The Balaban J connectivity index is 1.40. The van der Waals surface area contributed by atoms with Gasteiger partial charge in [0.05, 0.1) is 41.1 Å². The van der Waals surface area contributed by atoms with E-state index in [2.05, 4.69) is 0 Å². The molecule has 3 heterocycles. The summed E-state index contributed by atoms with van der Waals surface area (Å²) in [6, 6.07) is 16.4. The number of rotatable bonds is 11. The molecule has 4 aromatic rings. The molecule has 0 radical (unpaired) electrons. The molecular formula is C35H32N2O9S. The number of benzene rings is 3. The molecule has 2 aliphatic rings. The van der Waals surface area contributed by atoms with Gasteiger partial charge >= 0.3 is 11.9 Å². The van der Waals surface area contributed by atoms with E-state index in [1.54, 1.807) is 66.1 Å². The predicted octanol–water partition coefficient (Wildman–Crippen LogP) is 4.59. The average Bonchev–Trinajstić information content (AvgIpc) is 3.67. The normalized spacial score (nSPS) is 15.2. The molecule has 0 amide bonds. The first-order valence-corrected chi connectivity index (χ1v) is 15.9. The van der Waals surface area contributed by atoms with E-state index in [1.807, 2.05) is 13.0 Å². The lowest BCUT2D eigenvalue weighted by Crippen LogP contribution is -2.40. The van der Waals surface area contributed by atoms with Gasteiger partial charge in [-0.25, -0.2) is 14.6 Å². The SMILES string of the molecule is CCCC1=C(C(=O)OCC)[C@@H](c2ccc3c(c2)OCO3)n2c(s/c(=C\c3ccc(OCc4cccc(C(=O)O)c4)c(OC)c3)c2=O)=N1. The summed E-state index contributed by atoms with van der Waals surface area (Å²) >= 11 is 1.23. The summed E-state index contributed by atoms with van der Waals surface area (Å²) < 4.78 is 30.1. The zero-order valence-electron chi connectivity index (χ0n) is 26.0. The number of thiazole rings is 1. The number of nitrogens with zero attached hydrogens (tertiary/aromatic N) is 2. The highest BCUT2D eigenvalue weighted by molar-refractivity contribution is 7.07. The minimum atomic E-state index is -1.01. The molecule has 1 atom stereocenters. The van der Waals surface area contributed by atoms with Crippen LogP contribution in [0.1, 0.15) is 59.8 Å². The molecule has 0 aliphatic carbocycles. The van der Waals surface area contributed by atoms with E-state index in [0.29, 0.717) is 66.7 Å². The molecule has 12 heteroatoms. The number of aromatic carboxylic acids is 1. The van der Waals surface area contributed by atoms with Crippen LogP contribution in [0.15, 0.2) is 81.7 Å². The number of carboxylic acids is 1. The summed E-state index contributed by atoms with van der Waals surface area (Å²) in [4.78, 5) is 44.2. The van der Waals surface area contributed by atoms with Crippen LogP contribution in [0.25, 0.3) is 6.08 Å². The lowest BCUT2D eigenvalue weighted by atomic mass is 9.94. The number of allylic oxidation sites excluding steroid dienone is 1. The first-order valence-electron chi connectivity index (χ1n) is 15.1. The van der Waals surface area contributed by atoms with Crippen molar-refractivity contribution in [3.05, 3.63) is 114 Å². The van der Waals surface area contributed by atoms with Crippen molar-refractivity contribution in [1.82, 2.24) is 4.57 Å². The van der Waals surface area contributed by atoms with E-state index < -0.39 is 18.0 Å². The van der Waals surface area contributed by atoms with Crippen LogP contribution >= 0.6 is 11.3 Å². The third kappa shape index (κ3) is 6.36. The molecule has 0 saturated carbocycles. The van der Waals surface area contributed by atoms with Gasteiger partial charge in [0, 0.05) is 0 Å². The van der Waals surface area contributed by atoms with Gasteiger partial charge < -0.3 is 28.8 Å². The molecule has 47 heavy (non-hydrogen) atoms. The van der Waals surface area contributed by atoms with Gasteiger partial charge in [-0.05, 0) is 72.5 Å². The third-order valence-corrected chi connectivity index (χ3v) is 8.64. The second-order valence-electron chi connectivity index (χ2n) is 10.7. The summed E-state index contributed by atoms with van der Waals surface area (Å²) in [5, 5.41) is 9.28. The highest BCUT2D eigenvalue weighted by Crippen LogP contribution is 2.39. The fourth-order valence-electron chi connectivity index (χ4n) is 5.52. The second-order valence-corrected chi connectivity index (χ2v) is 11.7. The zero-order chi connectivity index (χ0) is 33.1. The summed E-state index contributed by atoms with van der Waals surface area (Å²) in [5.41, 5.74) is 2.81. The predicted molar refractivity (Wildman–Crippen MR) is 173 cm³/mol. The van der Waals surface area contributed by atoms with E-state index in [-0.39, 0.29) is 31.1 Å². The molecule has 1 N–H and O–H groups in total. The van der Waals surface area contributed by atoms with Gasteiger partial charge in [0.2, 0.25) is 6.79 Å². The van der Waals surface area contributed by atoms with Crippen LogP contribution in [-0.4, -0.2) is 42.1 Å². The van der Waals surface area contributed by atoms with Gasteiger partial charge in [0.25, 0.3) is 5.56 Å². The maximum absolute atomic E-state index is 14.1. The summed E-state index contributed by atoms with van der Waals surface area (Å²) in [5.74, 6) is 0.483. The van der Waals surface area contributed by atoms with Gasteiger partial charge in [0.15, 0.2) is 27.8 Å². The number of ether oxygens (including phenoxy) is 5. The molecule has 242 valence electrons. The maximum atomic E-state index is 14.1. The molecular weight excluding hydrogens is 624 g/mol. The molecule has 0 spiro atoms. The van der Waals surface area contributed by atoms with Crippen LogP contribution in [0.2, 0.25) is 0 Å². The first kappa shape index (κ1) is 31.6. The Morgan fingerprint density at radius 1 is 1.06 bits per heavy atom. The quantitative estimate of drug-likeness (QED) is 0.230. The number of fused-ring (bicyclic) bond motifs is 2. The number of carbonyl (C=O) groups excluding carboxylic acids is 1. The van der Waals surface area contributed by atoms with Crippen molar-refractivity contribution in [1.29, 1.82) is 0 Å². The van der Waals surface area contributed by atoms with Crippen LogP contribution in [0, 0.1) is 0 Å². The van der Waals surface area contributed by atoms with Crippen molar-refractivity contribution in [2.75, 3.05) is 20.5 Å². The molecule has 0 fully saturated rings. The van der Waals surface area contributed by atoms with Crippen LogP contribution in [0.4, 0.5) is 0 Å². The average molecular weight is 657 g/mol. The van der Waals surface area contributed by atoms with Crippen molar-refractivity contribution in [2.24, 2.45) is 4.99 Å². The lowest BCUT2D eigenvalue weighted by molar-refractivity contribution is -0.139. The minimum absolute atomic E-state index is 0.0917. The Morgan fingerprint density at radius 2 is 1.89 bits per heavy atom. The van der Waals surface area contributed by atoms with Gasteiger partial charge in [0.1, 0.15) is 6.61 Å². The number of hydrogen-bond acceptors (Lipinski definition) is 10. The highest BCUT2D eigenvalue weighted by Gasteiger charge is 2.35. The van der Waals surface area contributed by atoms with Crippen LogP contribution in [0.5, 0.6) is 23.0 Å². The van der Waals surface area contributed by atoms with Crippen LogP contribution in [0.3, 0.4) is 0 Å². The second kappa shape index (κ2) is 13.6. The molecule has 1 aromatic heterocycles. The van der Waals surface area contributed by atoms with Crippen LogP contribution in [-0.2, 0) is 16.1 Å². The number of aromatic nitrogens is 1. The fraction of sp³-hybridized carbons (Fsp3) is 0.257. The molecule has 6 rings (SSSR count). The maximum Gasteiger partial charge on any atom is 0.338 e. The Bertz CT molecular complexity index is 2080. The highest BCUT2D eigenvalue weighted by atomic mass is 32.1. The van der Waals surface area contributed by atoms with Gasteiger partial charge in [-0.1, -0.05) is 48.9 Å². The fourth-order valence-corrected chi connectivity index (χ4v) is 6.54. The van der Waals surface area contributed by atoms with Gasteiger partial charge in [-0.15, -0.1) is 0 Å². The molecule has 0 saturated heterocycles. The van der Waals surface area contributed by atoms with E-state index >= 15 is 0 Å². The zero-order valence-corrected chi connectivity index (χ0v) is 26.8. The Kier molecular flexibility index (Phi) is 9.12. The molecule has 0 unspecified atom stereocenters. The largest absolute Gasteiger partial charge is 0.493 e. The van der Waals surface area contributed by atoms with Crippen molar-refractivity contribution >= 4 is 29.4 Å². The van der Waals surface area contributed by atoms with E-state index in [9.17, 15) is 19.5 Å². The summed E-state index contributed by atoms with van der Waals surface area (Å²) in [6.07, 6.45) is 3.01. The summed E-state index contributed by atoms with van der Waals surface area (Å²) in [6.45, 7) is 4.15. The van der Waals surface area contributed by atoms with Crippen molar-refractivity contribution in [3.8, 4) is 23.0 Å². The summed E-state index contributed by atoms with van der Waals surface area (Å²) in [7, 11) is 1.52. The Labute approximate surface area is 273 Å². The van der Waals surface area contributed by atoms with Crippen LogP contribution < -0.4 is 33.8 Å². The van der Waals surface area contributed by atoms with Crippen molar-refractivity contribution in [2.45, 2.75) is 39.3 Å². The number of hydrogen-bond donors (Lipinski definition) is 1. The van der Waals surface area contributed by atoms with Crippen molar-refractivity contribution in [3.63, 3.8) is 0 Å². The minimum Gasteiger partial charge on any atom is -0.493 e. The number of methoxy groups -OCH3 is 1. The first-order chi connectivity index (χ1) is 22.8. The molecule has 11 nitrogen and oxygen atoms in total. The van der Waals surface area contributed by atoms with E-state index in [0.717, 1.165) is 6.42 Å². The molecule has 0 bridgehead atoms. The smallest absolute Gasteiger partial charge is 0.338 e. The third-order valence-electron chi connectivity index (χ3n) is 7.66. The molecule has 2 aliphatic heterocycles. The van der Waals surface area contributed by atoms with Crippen molar-refractivity contribution < 1.29 is 38.4 Å². The van der Waals surface area contributed by atoms with E-state index in [1.165, 1.54) is 24.5 Å². The lowest BCUT2D eigenvalue weighted by Gasteiger charge is -2.25. The number of esters is 1. The standard InChI is InChI=1S/C35H32N2O9S/c1-4-7-24-30(34(41)43-5-2)31(22-11-13-26-28(17-22)46-19-45-26)37-32(38)29(47-35(37)36-24)16-20-10-12-25(27(15-20)42-3)44-18-21-8-6-9-23(14-21)33(39)40/h6,8-17,31H,4-5,7,18-19H2,1-3H3,(H,39,40)/b29-16-/t31-/m1/s1. The topological polar surface area (TPSA) is 135 Å². The molecule has 3 aromatic carbocycles. The Hall–Kier alpha value is -5.36. The number of carboxylic acid groups (broad SMARTS) is 1. The van der Waals surface area contributed by atoms with Gasteiger partial charge in [-0.3, -0.25) is 9.36 Å². The van der Waals surface area contributed by atoms with E-state index in [4.69, 9.17) is 28.7 Å². The number of carbonyl (C=O) groups is 2.